The van der Waals surface area contributed by atoms with E-state index < -0.39 is 5.67 Å². The number of hydrogen-bond donors (Lipinski definition) is 1. The summed E-state index contributed by atoms with van der Waals surface area (Å²) in [5, 5.41) is 2.97. The van der Waals surface area contributed by atoms with Gasteiger partial charge < -0.3 is 15.0 Å². The maximum Gasteiger partial charge on any atom is 0.255 e. The predicted octanol–water partition coefficient (Wildman–Crippen LogP) is 5.67. The zero-order valence-electron chi connectivity index (χ0n) is 19.9. The Morgan fingerprint density at radius 1 is 1.18 bits per heavy atom. The molecule has 1 amide bonds. The zero-order chi connectivity index (χ0) is 23.9. The fourth-order valence-electron chi connectivity index (χ4n) is 4.85. The summed E-state index contributed by atoms with van der Waals surface area (Å²) in [6.45, 7) is 7.41. The number of nitrogens with zero attached hydrogens (tertiary/aromatic N) is 2. The van der Waals surface area contributed by atoms with Gasteiger partial charge >= 0.3 is 0 Å². The van der Waals surface area contributed by atoms with Crippen molar-refractivity contribution in [2.45, 2.75) is 45.3 Å². The van der Waals surface area contributed by atoms with Crippen molar-refractivity contribution in [1.29, 1.82) is 0 Å². The molecule has 1 saturated heterocycles. The van der Waals surface area contributed by atoms with Gasteiger partial charge in [-0.05, 0) is 86.2 Å². The Balaban J connectivity index is 1.42. The number of morpholine rings is 1. The van der Waals surface area contributed by atoms with Gasteiger partial charge in [0.05, 0.1) is 24.9 Å². The lowest BCUT2D eigenvalue weighted by atomic mass is 9.91. The van der Waals surface area contributed by atoms with Crippen molar-refractivity contribution >= 4 is 17.3 Å². The first-order chi connectivity index (χ1) is 16.3. The van der Waals surface area contributed by atoms with Crippen LogP contribution in [0.3, 0.4) is 0 Å². The Kier molecular flexibility index (Phi) is 5.86. The number of anilines is 2. The van der Waals surface area contributed by atoms with E-state index in [-0.39, 0.29) is 11.6 Å². The van der Waals surface area contributed by atoms with E-state index in [1.165, 1.54) is 37.4 Å². The van der Waals surface area contributed by atoms with Crippen LogP contribution < -0.4 is 10.2 Å². The number of alkyl halides is 1. The number of carbonyl (C=O) groups is 1. The molecule has 0 saturated carbocycles. The standard InChI is InChI=1S/C28H30FN3O2/c1-18-4-8-22(31-27(33)21-10-11-30-26(15-21)28(2,3)29)16-24(18)20-6-5-19-7-9-23-17-34-13-12-32(23)25(19)14-20/h4-6,8,10-11,14-16,23H,7,9,12-13,17H2,1-3H3,(H,31,33). The highest BCUT2D eigenvalue weighted by Crippen LogP contribution is 2.37. The molecule has 2 aliphatic heterocycles. The summed E-state index contributed by atoms with van der Waals surface area (Å²) >= 11 is 0. The van der Waals surface area contributed by atoms with Crippen molar-refractivity contribution in [2.75, 3.05) is 30.0 Å². The molecule has 1 aromatic heterocycles. The molecule has 5 rings (SSSR count). The molecule has 1 atom stereocenters. The van der Waals surface area contributed by atoms with Gasteiger partial charge in [-0.25, -0.2) is 4.39 Å². The molecule has 3 heterocycles. The molecule has 0 aliphatic carbocycles. The number of amides is 1. The minimum absolute atomic E-state index is 0.236. The van der Waals surface area contributed by atoms with Crippen LogP contribution in [-0.2, 0) is 16.8 Å². The Hall–Kier alpha value is -3.25. The van der Waals surface area contributed by atoms with Crippen LogP contribution in [0.25, 0.3) is 11.1 Å². The molecule has 0 radical (unpaired) electrons. The van der Waals surface area contributed by atoms with E-state index in [1.807, 2.05) is 18.2 Å². The third-order valence-electron chi connectivity index (χ3n) is 6.81. The van der Waals surface area contributed by atoms with Crippen LogP contribution in [0.5, 0.6) is 0 Å². The summed E-state index contributed by atoms with van der Waals surface area (Å²) in [6.07, 6.45) is 3.67. The number of ether oxygens (including phenoxy) is 1. The van der Waals surface area contributed by atoms with Crippen LogP contribution in [0, 0.1) is 6.92 Å². The van der Waals surface area contributed by atoms with Gasteiger partial charge in [0.2, 0.25) is 0 Å². The van der Waals surface area contributed by atoms with Crippen molar-refractivity contribution < 1.29 is 13.9 Å². The fourth-order valence-corrected chi connectivity index (χ4v) is 4.85. The highest BCUT2D eigenvalue weighted by Gasteiger charge is 2.29. The number of halogens is 1. The summed E-state index contributed by atoms with van der Waals surface area (Å²) in [5.74, 6) is -0.288. The second-order valence-electron chi connectivity index (χ2n) is 9.69. The number of pyridine rings is 1. The van der Waals surface area contributed by atoms with Crippen LogP contribution >= 0.6 is 0 Å². The van der Waals surface area contributed by atoms with E-state index in [9.17, 15) is 9.18 Å². The summed E-state index contributed by atoms with van der Waals surface area (Å²) in [6, 6.07) is 16.2. The highest BCUT2D eigenvalue weighted by atomic mass is 19.1. The summed E-state index contributed by atoms with van der Waals surface area (Å²) in [5.41, 5.74) is 5.73. The van der Waals surface area contributed by atoms with Crippen molar-refractivity contribution in [2.24, 2.45) is 0 Å². The Labute approximate surface area is 200 Å². The quantitative estimate of drug-likeness (QED) is 0.547. The highest BCUT2D eigenvalue weighted by molar-refractivity contribution is 6.04. The molecule has 176 valence electrons. The number of aryl methyl sites for hydroxylation is 2. The third-order valence-corrected chi connectivity index (χ3v) is 6.81. The third kappa shape index (κ3) is 4.42. The average molecular weight is 460 g/mol. The van der Waals surface area contributed by atoms with Gasteiger partial charge in [-0.3, -0.25) is 9.78 Å². The molecule has 0 bridgehead atoms. The number of hydrogen-bond acceptors (Lipinski definition) is 4. The first-order valence-corrected chi connectivity index (χ1v) is 11.8. The molecule has 5 nitrogen and oxygen atoms in total. The second kappa shape index (κ2) is 8.84. The van der Waals surface area contributed by atoms with Gasteiger partial charge in [0.25, 0.3) is 5.91 Å². The van der Waals surface area contributed by atoms with Gasteiger partial charge in [0.1, 0.15) is 5.67 Å². The van der Waals surface area contributed by atoms with E-state index in [0.717, 1.165) is 49.3 Å². The molecule has 1 unspecified atom stereocenters. The lowest BCUT2D eigenvalue weighted by Crippen LogP contribution is -2.48. The fraction of sp³-hybridized carbons (Fsp3) is 0.357. The normalized spacial score (nSPS) is 17.6. The monoisotopic (exact) mass is 459 g/mol. The molecule has 1 fully saturated rings. The molecule has 34 heavy (non-hydrogen) atoms. The number of nitrogens with one attached hydrogen (secondary N) is 1. The van der Waals surface area contributed by atoms with Crippen LogP contribution in [0.1, 0.15) is 47.4 Å². The number of benzene rings is 2. The maximum absolute atomic E-state index is 14.3. The second-order valence-corrected chi connectivity index (χ2v) is 9.69. The first kappa shape index (κ1) is 22.5. The number of rotatable bonds is 4. The molecule has 2 aliphatic rings. The summed E-state index contributed by atoms with van der Waals surface area (Å²) in [7, 11) is 0. The van der Waals surface area contributed by atoms with Gasteiger partial charge in [-0.2, -0.15) is 0 Å². The minimum atomic E-state index is -1.61. The van der Waals surface area contributed by atoms with E-state index in [0.29, 0.717) is 17.3 Å². The summed E-state index contributed by atoms with van der Waals surface area (Å²) in [4.78, 5) is 19.4. The molecular formula is C28H30FN3O2. The lowest BCUT2D eigenvalue weighted by Gasteiger charge is -2.42. The van der Waals surface area contributed by atoms with Crippen molar-refractivity contribution in [1.82, 2.24) is 4.98 Å². The number of fused-ring (bicyclic) bond motifs is 3. The van der Waals surface area contributed by atoms with Gasteiger partial charge in [-0.1, -0.05) is 18.2 Å². The topological polar surface area (TPSA) is 54.5 Å². The van der Waals surface area contributed by atoms with Crippen LogP contribution in [0.4, 0.5) is 15.8 Å². The van der Waals surface area contributed by atoms with Crippen molar-refractivity contribution in [3.8, 4) is 11.1 Å². The first-order valence-electron chi connectivity index (χ1n) is 11.8. The van der Waals surface area contributed by atoms with E-state index in [1.54, 1.807) is 6.07 Å². The number of aromatic nitrogens is 1. The summed E-state index contributed by atoms with van der Waals surface area (Å²) < 4.78 is 20.0. The Morgan fingerprint density at radius 3 is 2.85 bits per heavy atom. The number of carbonyl (C=O) groups excluding carboxylic acids is 1. The van der Waals surface area contributed by atoms with Crippen molar-refractivity contribution in [3.63, 3.8) is 0 Å². The molecule has 0 spiro atoms. The van der Waals surface area contributed by atoms with E-state index in [2.05, 4.69) is 40.3 Å². The smallest absolute Gasteiger partial charge is 0.255 e. The molecule has 1 N–H and O–H groups in total. The Morgan fingerprint density at radius 2 is 2.03 bits per heavy atom. The predicted molar refractivity (Wildman–Crippen MR) is 133 cm³/mol. The molecule has 6 heteroatoms. The van der Waals surface area contributed by atoms with E-state index in [4.69, 9.17) is 4.74 Å². The lowest BCUT2D eigenvalue weighted by molar-refractivity contribution is 0.0897. The van der Waals surface area contributed by atoms with Crippen LogP contribution in [0.15, 0.2) is 54.7 Å². The average Bonchev–Trinajstić information content (AvgIpc) is 2.84. The van der Waals surface area contributed by atoms with Crippen molar-refractivity contribution in [3.05, 3.63) is 77.1 Å². The maximum atomic E-state index is 14.3. The van der Waals surface area contributed by atoms with E-state index >= 15 is 0 Å². The van der Waals surface area contributed by atoms with Gasteiger partial charge in [0, 0.05) is 29.7 Å². The largest absolute Gasteiger partial charge is 0.377 e. The zero-order valence-corrected chi connectivity index (χ0v) is 19.9. The van der Waals surface area contributed by atoms with Gasteiger partial charge in [-0.15, -0.1) is 0 Å². The van der Waals surface area contributed by atoms with Gasteiger partial charge in [0.15, 0.2) is 0 Å². The molecular weight excluding hydrogens is 429 g/mol. The molecule has 3 aromatic rings. The van der Waals surface area contributed by atoms with Crippen LogP contribution in [0.2, 0.25) is 0 Å². The Bertz CT molecular complexity index is 1230. The minimum Gasteiger partial charge on any atom is -0.377 e. The molecule has 2 aromatic carbocycles. The van der Waals surface area contributed by atoms with Crippen LogP contribution in [-0.4, -0.2) is 36.7 Å². The SMILES string of the molecule is Cc1ccc(NC(=O)c2ccnc(C(C)(C)F)c2)cc1-c1ccc2c(c1)N1CCOCC1CC2.